The Hall–Kier alpha value is -1.11. The van der Waals surface area contributed by atoms with Crippen LogP contribution in [0.25, 0.3) is 0 Å². The van der Waals surface area contributed by atoms with Crippen LogP contribution < -0.4 is 11.1 Å². The molecule has 3 aliphatic rings. The van der Waals surface area contributed by atoms with E-state index in [0.717, 1.165) is 49.8 Å². The third-order valence-corrected chi connectivity index (χ3v) is 7.34. The van der Waals surface area contributed by atoms with Gasteiger partial charge in [0, 0.05) is 18.6 Å². The number of carbonyl (C=O) groups is 2. The zero-order chi connectivity index (χ0) is 18.1. The fourth-order valence-corrected chi connectivity index (χ4v) is 5.95. The van der Waals surface area contributed by atoms with Gasteiger partial charge in [0.05, 0.1) is 4.88 Å². The van der Waals surface area contributed by atoms with Crippen LogP contribution in [-0.2, 0) is 4.79 Å². The molecule has 1 aromatic rings. The number of hydrogen-bond acceptors (Lipinski definition) is 4. The Morgan fingerprint density at radius 3 is 2.52 bits per heavy atom. The lowest BCUT2D eigenvalue weighted by Gasteiger charge is -2.46. The maximum atomic E-state index is 13.1. The highest BCUT2D eigenvalue weighted by Crippen LogP contribution is 2.39. The van der Waals surface area contributed by atoms with Gasteiger partial charge in [0.25, 0.3) is 5.91 Å². The minimum absolute atomic E-state index is 0. The van der Waals surface area contributed by atoms with Gasteiger partial charge in [-0.25, -0.2) is 0 Å². The van der Waals surface area contributed by atoms with E-state index in [1.165, 1.54) is 17.8 Å². The van der Waals surface area contributed by atoms with E-state index in [-0.39, 0.29) is 42.3 Å². The highest BCUT2D eigenvalue weighted by atomic mass is 35.5. The smallest absolute Gasteiger partial charge is 0.264 e. The van der Waals surface area contributed by atoms with Gasteiger partial charge < -0.3 is 16.0 Å². The second-order valence-electron chi connectivity index (χ2n) is 8.20. The second-order valence-corrected chi connectivity index (χ2v) is 9.15. The third-order valence-electron chi connectivity index (χ3n) is 6.48. The van der Waals surface area contributed by atoms with Crippen molar-refractivity contribution in [3.05, 3.63) is 22.4 Å². The molecule has 3 unspecified atom stereocenters. The first kappa shape index (κ1) is 20.6. The highest BCUT2D eigenvalue weighted by molar-refractivity contribution is 7.12. The van der Waals surface area contributed by atoms with Crippen molar-refractivity contribution in [3.63, 3.8) is 0 Å². The van der Waals surface area contributed by atoms with Crippen molar-refractivity contribution in [2.24, 2.45) is 17.6 Å². The number of amides is 2. The quantitative estimate of drug-likeness (QED) is 0.801. The van der Waals surface area contributed by atoms with Crippen LogP contribution in [0.15, 0.2) is 17.5 Å². The van der Waals surface area contributed by atoms with Crippen molar-refractivity contribution >= 4 is 35.6 Å². The molecule has 4 rings (SSSR count). The predicted octanol–water partition coefficient (Wildman–Crippen LogP) is 3.19. The van der Waals surface area contributed by atoms with Crippen molar-refractivity contribution < 1.29 is 9.59 Å². The molecular weight excluding hydrogens is 382 g/mol. The molecule has 2 heterocycles. The number of hydrogen-bond donors (Lipinski definition) is 2. The van der Waals surface area contributed by atoms with Gasteiger partial charge in [0.1, 0.15) is 6.04 Å². The summed E-state index contributed by atoms with van der Waals surface area (Å²) in [6.45, 7) is 0.678. The Balaban J connectivity index is 0.00000210. The molecule has 2 bridgehead atoms. The van der Waals surface area contributed by atoms with Crippen LogP contribution in [0.2, 0.25) is 0 Å². The van der Waals surface area contributed by atoms with Gasteiger partial charge >= 0.3 is 0 Å². The van der Waals surface area contributed by atoms with Crippen molar-refractivity contribution in [2.45, 2.75) is 69.5 Å². The molecule has 7 heteroatoms. The number of rotatable bonds is 3. The second kappa shape index (κ2) is 8.93. The number of thiophene rings is 1. The third kappa shape index (κ3) is 4.33. The summed E-state index contributed by atoms with van der Waals surface area (Å²) >= 11 is 1.45. The van der Waals surface area contributed by atoms with Gasteiger partial charge in [0.15, 0.2) is 0 Å². The number of piperidine rings is 1. The van der Waals surface area contributed by atoms with Crippen LogP contribution in [0.3, 0.4) is 0 Å². The summed E-state index contributed by atoms with van der Waals surface area (Å²) < 4.78 is 0. The van der Waals surface area contributed by atoms with E-state index >= 15 is 0 Å². The maximum Gasteiger partial charge on any atom is 0.264 e. The Kier molecular flexibility index (Phi) is 6.82. The van der Waals surface area contributed by atoms with Crippen LogP contribution in [0, 0.1) is 11.8 Å². The lowest BCUT2D eigenvalue weighted by atomic mass is 9.67. The number of nitrogens with one attached hydrogen (secondary N) is 1. The van der Waals surface area contributed by atoms with Crippen molar-refractivity contribution in [2.75, 3.05) is 6.54 Å². The van der Waals surface area contributed by atoms with Gasteiger partial charge in [-0.1, -0.05) is 12.5 Å². The molecule has 150 valence electrons. The zero-order valence-corrected chi connectivity index (χ0v) is 17.3. The van der Waals surface area contributed by atoms with Gasteiger partial charge in [0.2, 0.25) is 5.91 Å². The SMILES string of the molecule is Cl.NC1CC2CCCC(C1)C2NC(=O)C1CCCCN1C(=O)c1cccs1. The van der Waals surface area contributed by atoms with E-state index < -0.39 is 0 Å². The minimum Gasteiger partial charge on any atom is -0.351 e. The van der Waals surface area contributed by atoms with E-state index in [0.29, 0.717) is 18.4 Å². The minimum atomic E-state index is -0.324. The molecule has 3 N–H and O–H groups in total. The number of nitrogens with zero attached hydrogens (tertiary/aromatic N) is 1. The van der Waals surface area contributed by atoms with E-state index in [1.54, 1.807) is 4.90 Å². The topological polar surface area (TPSA) is 75.4 Å². The van der Waals surface area contributed by atoms with Gasteiger partial charge in [-0.05, 0) is 68.2 Å². The van der Waals surface area contributed by atoms with E-state index in [1.807, 2.05) is 17.5 Å². The summed E-state index contributed by atoms with van der Waals surface area (Å²) in [5, 5.41) is 5.27. The summed E-state index contributed by atoms with van der Waals surface area (Å²) in [6, 6.07) is 3.95. The summed E-state index contributed by atoms with van der Waals surface area (Å²) in [4.78, 5) is 28.5. The fraction of sp³-hybridized carbons (Fsp3) is 0.700. The molecule has 0 radical (unpaired) electrons. The van der Waals surface area contributed by atoms with Gasteiger partial charge in [-0.2, -0.15) is 0 Å². The summed E-state index contributed by atoms with van der Waals surface area (Å²) in [7, 11) is 0. The molecule has 0 spiro atoms. The van der Waals surface area contributed by atoms with E-state index in [2.05, 4.69) is 5.32 Å². The fourth-order valence-electron chi connectivity index (χ4n) is 5.27. The molecule has 2 amide bonds. The molecule has 0 aromatic carbocycles. The summed E-state index contributed by atoms with van der Waals surface area (Å²) in [5.74, 6) is 1.07. The van der Waals surface area contributed by atoms with Crippen molar-refractivity contribution in [1.29, 1.82) is 0 Å². The molecule has 5 nitrogen and oxygen atoms in total. The van der Waals surface area contributed by atoms with Crippen molar-refractivity contribution in [1.82, 2.24) is 10.2 Å². The zero-order valence-electron chi connectivity index (χ0n) is 15.6. The number of likely N-dealkylation sites (tertiary alicyclic amines) is 1. The monoisotopic (exact) mass is 411 g/mol. The molecule has 3 atom stereocenters. The first-order chi connectivity index (χ1) is 12.6. The first-order valence-electron chi connectivity index (χ1n) is 10.0. The Labute approximate surface area is 171 Å². The Morgan fingerprint density at radius 2 is 1.85 bits per heavy atom. The van der Waals surface area contributed by atoms with Gasteiger partial charge in [-0.3, -0.25) is 9.59 Å². The summed E-state index contributed by atoms with van der Waals surface area (Å²) in [5.41, 5.74) is 6.21. The molecule has 1 saturated heterocycles. The molecule has 3 fully saturated rings. The highest BCUT2D eigenvalue weighted by Gasteiger charge is 2.42. The van der Waals surface area contributed by atoms with E-state index in [4.69, 9.17) is 5.73 Å². The number of nitrogens with two attached hydrogens (primary N) is 1. The average Bonchev–Trinajstić information content (AvgIpc) is 3.16. The first-order valence-corrected chi connectivity index (χ1v) is 10.9. The average molecular weight is 412 g/mol. The molecule has 1 aromatic heterocycles. The predicted molar refractivity (Wildman–Crippen MR) is 110 cm³/mol. The number of carbonyl (C=O) groups excluding carboxylic acids is 2. The van der Waals surface area contributed by atoms with Crippen molar-refractivity contribution in [3.8, 4) is 0 Å². The Morgan fingerprint density at radius 1 is 1.11 bits per heavy atom. The van der Waals surface area contributed by atoms with E-state index in [9.17, 15) is 9.59 Å². The summed E-state index contributed by atoms with van der Waals surface area (Å²) in [6.07, 6.45) is 8.37. The molecule has 1 aliphatic heterocycles. The molecule has 2 saturated carbocycles. The van der Waals surface area contributed by atoms with Crippen LogP contribution in [0.1, 0.15) is 61.0 Å². The number of fused-ring (bicyclic) bond motifs is 2. The van der Waals surface area contributed by atoms with Crippen LogP contribution in [0.5, 0.6) is 0 Å². The normalized spacial score (nSPS) is 33.1. The molecular formula is C20H30ClN3O2S. The molecule has 27 heavy (non-hydrogen) atoms. The standard InChI is InChI=1S/C20H29N3O2S.ClH/c21-15-11-13-5-3-6-14(12-15)18(13)22-19(24)16-7-1-2-9-23(16)20(25)17-8-4-10-26-17;/h4,8,10,13-16,18H,1-3,5-7,9,11-12,21H2,(H,22,24);1H. The lowest BCUT2D eigenvalue weighted by Crippen LogP contribution is -2.59. The molecule has 2 aliphatic carbocycles. The van der Waals surface area contributed by atoms with Gasteiger partial charge in [-0.15, -0.1) is 23.7 Å². The Bertz CT molecular complexity index is 640. The van der Waals surface area contributed by atoms with Crippen LogP contribution in [0.4, 0.5) is 0 Å². The van der Waals surface area contributed by atoms with Crippen LogP contribution in [-0.4, -0.2) is 41.4 Å². The number of halogens is 1. The van der Waals surface area contributed by atoms with Crippen LogP contribution >= 0.6 is 23.7 Å². The largest absolute Gasteiger partial charge is 0.351 e. The lowest BCUT2D eigenvalue weighted by molar-refractivity contribution is -0.129. The maximum absolute atomic E-state index is 13.1.